The average Bonchev–Trinajstić information content (AvgIpc) is 3.30. The first-order chi connectivity index (χ1) is 11.7. The molecule has 9 nitrogen and oxygen atoms in total. The molecule has 0 radical (unpaired) electrons. The summed E-state index contributed by atoms with van der Waals surface area (Å²) in [6.45, 7) is 1.71. The van der Waals surface area contributed by atoms with Gasteiger partial charge in [-0.15, -0.1) is 24.8 Å². The van der Waals surface area contributed by atoms with Crippen molar-refractivity contribution >= 4 is 41.8 Å². The van der Waals surface area contributed by atoms with Crippen LogP contribution in [0.25, 0.3) is 11.2 Å². The molecule has 2 aliphatic rings. The van der Waals surface area contributed by atoms with Gasteiger partial charge < -0.3 is 30.5 Å². The van der Waals surface area contributed by atoms with Crippen LogP contribution in [-0.2, 0) is 0 Å². The molecule has 0 spiro atoms. The number of halogens is 2. The molecule has 2 fully saturated rings. The lowest BCUT2D eigenvalue weighted by Crippen LogP contribution is -2.30. The number of aliphatic hydroxyl groups is 3. The summed E-state index contributed by atoms with van der Waals surface area (Å²) in [5.41, 5.74) is 1.27. The van der Waals surface area contributed by atoms with Gasteiger partial charge in [-0.05, 0) is 19.4 Å². The molecule has 2 aromatic heterocycles. The summed E-state index contributed by atoms with van der Waals surface area (Å²) >= 11 is 0. The van der Waals surface area contributed by atoms with Crippen molar-refractivity contribution in [2.45, 2.75) is 37.1 Å². The van der Waals surface area contributed by atoms with Crippen LogP contribution >= 0.6 is 24.8 Å². The zero-order chi connectivity index (χ0) is 16.7. The molecule has 26 heavy (non-hydrogen) atoms. The van der Waals surface area contributed by atoms with Gasteiger partial charge in [0.25, 0.3) is 0 Å². The fraction of sp³-hybridized carbons (Fsp3) is 0.667. The van der Waals surface area contributed by atoms with Crippen LogP contribution in [0.5, 0.6) is 0 Å². The van der Waals surface area contributed by atoms with Gasteiger partial charge in [-0.25, -0.2) is 15.0 Å². The third-order valence-corrected chi connectivity index (χ3v) is 5.12. The number of imidazole rings is 1. The highest BCUT2D eigenvalue weighted by molar-refractivity contribution is 5.85. The van der Waals surface area contributed by atoms with Crippen molar-refractivity contribution in [2.24, 2.45) is 5.92 Å². The highest BCUT2D eigenvalue weighted by atomic mass is 35.5. The summed E-state index contributed by atoms with van der Waals surface area (Å²) < 4.78 is 1.78. The molecule has 3 heterocycles. The first kappa shape index (κ1) is 21.1. The second-order valence-electron chi connectivity index (χ2n) is 6.61. The Balaban J connectivity index is 0.00000121. The molecule has 0 amide bonds. The number of hydrogen-bond donors (Lipinski definition) is 5. The van der Waals surface area contributed by atoms with Crippen molar-refractivity contribution in [3.05, 3.63) is 12.7 Å². The van der Waals surface area contributed by atoms with Crippen LogP contribution < -0.4 is 10.6 Å². The number of rotatable bonds is 4. The maximum Gasteiger partial charge on any atom is 0.165 e. The molecule has 1 aliphatic heterocycles. The second kappa shape index (κ2) is 8.64. The largest absolute Gasteiger partial charge is 0.396 e. The van der Waals surface area contributed by atoms with E-state index in [0.717, 1.165) is 19.5 Å². The first-order valence-corrected chi connectivity index (χ1v) is 8.31. The highest BCUT2D eigenvalue weighted by Crippen LogP contribution is 2.37. The van der Waals surface area contributed by atoms with Gasteiger partial charge in [0.15, 0.2) is 11.5 Å². The normalized spacial score (nSPS) is 30.8. The summed E-state index contributed by atoms with van der Waals surface area (Å²) in [6, 6.07) is -0.0519. The van der Waals surface area contributed by atoms with Gasteiger partial charge in [0.2, 0.25) is 0 Å². The van der Waals surface area contributed by atoms with Crippen LogP contribution in [-0.4, -0.2) is 72.8 Å². The average molecular weight is 407 g/mol. The number of fused-ring (bicyclic) bond motifs is 1. The number of aromatic nitrogens is 4. The lowest BCUT2D eigenvalue weighted by molar-refractivity contribution is -0.00370. The number of hydrogen-bond acceptors (Lipinski definition) is 8. The van der Waals surface area contributed by atoms with Gasteiger partial charge in [0.05, 0.1) is 18.5 Å². The van der Waals surface area contributed by atoms with Gasteiger partial charge in [-0.3, -0.25) is 0 Å². The molecule has 4 unspecified atom stereocenters. The topological polar surface area (TPSA) is 128 Å². The van der Waals surface area contributed by atoms with E-state index in [4.69, 9.17) is 0 Å². The molecule has 0 aromatic carbocycles. The molecule has 0 bridgehead atoms. The predicted molar refractivity (Wildman–Crippen MR) is 101 cm³/mol. The summed E-state index contributed by atoms with van der Waals surface area (Å²) in [5.74, 6) is 0.339. The quantitative estimate of drug-likeness (QED) is 0.468. The van der Waals surface area contributed by atoms with Gasteiger partial charge >= 0.3 is 0 Å². The Morgan fingerprint density at radius 1 is 1.19 bits per heavy atom. The molecular formula is C15H24Cl2N6O3. The Hall–Kier alpha value is -1.23. The molecule has 2 aromatic rings. The van der Waals surface area contributed by atoms with E-state index in [1.54, 1.807) is 10.9 Å². The first-order valence-electron chi connectivity index (χ1n) is 8.31. The summed E-state index contributed by atoms with van der Waals surface area (Å²) in [4.78, 5) is 13.0. The maximum absolute atomic E-state index is 10.3. The van der Waals surface area contributed by atoms with Crippen LogP contribution in [0, 0.1) is 5.92 Å². The predicted octanol–water partition coefficient (Wildman–Crippen LogP) is -0.281. The third-order valence-electron chi connectivity index (χ3n) is 5.12. The highest BCUT2D eigenvalue weighted by Gasteiger charge is 2.42. The number of nitrogens with zero attached hydrogens (tertiary/aromatic N) is 4. The fourth-order valence-electron chi connectivity index (χ4n) is 3.73. The molecule has 1 saturated heterocycles. The van der Waals surface area contributed by atoms with Crippen LogP contribution in [0.1, 0.15) is 18.9 Å². The van der Waals surface area contributed by atoms with E-state index < -0.39 is 12.2 Å². The smallest absolute Gasteiger partial charge is 0.165 e. The van der Waals surface area contributed by atoms with E-state index in [2.05, 4.69) is 25.6 Å². The molecule has 4 rings (SSSR count). The van der Waals surface area contributed by atoms with E-state index in [9.17, 15) is 15.3 Å². The molecule has 5 atom stereocenters. The van der Waals surface area contributed by atoms with Crippen molar-refractivity contribution in [2.75, 3.05) is 25.0 Å². The van der Waals surface area contributed by atoms with Crippen LogP contribution in [0.2, 0.25) is 0 Å². The van der Waals surface area contributed by atoms with E-state index in [-0.39, 0.29) is 43.4 Å². The van der Waals surface area contributed by atoms with Crippen molar-refractivity contribution in [1.29, 1.82) is 0 Å². The Morgan fingerprint density at radius 3 is 2.65 bits per heavy atom. The zero-order valence-electron chi connectivity index (χ0n) is 14.0. The molecule has 1 saturated carbocycles. The summed E-state index contributed by atoms with van der Waals surface area (Å²) in [7, 11) is 0. The van der Waals surface area contributed by atoms with Crippen molar-refractivity contribution < 1.29 is 15.3 Å². The van der Waals surface area contributed by atoms with E-state index in [1.807, 2.05) is 0 Å². The van der Waals surface area contributed by atoms with E-state index in [1.165, 1.54) is 6.33 Å². The third kappa shape index (κ3) is 3.60. The van der Waals surface area contributed by atoms with Gasteiger partial charge in [0, 0.05) is 25.1 Å². The lowest BCUT2D eigenvalue weighted by Gasteiger charge is -2.18. The number of anilines is 1. The fourth-order valence-corrected chi connectivity index (χ4v) is 3.73. The molecular weight excluding hydrogens is 383 g/mol. The Labute approximate surface area is 163 Å². The molecule has 1 aliphatic carbocycles. The van der Waals surface area contributed by atoms with Gasteiger partial charge in [0.1, 0.15) is 17.9 Å². The van der Waals surface area contributed by atoms with Crippen molar-refractivity contribution in [3.63, 3.8) is 0 Å². The molecule has 146 valence electrons. The SMILES string of the molecule is Cl.Cl.OCC1CC(n2cnc3c(N[C@H]4CCNC4)ncnc32)C(O)C1O. The summed E-state index contributed by atoms with van der Waals surface area (Å²) in [5, 5.41) is 36.4. The minimum atomic E-state index is -0.954. The van der Waals surface area contributed by atoms with Gasteiger partial charge in [-0.1, -0.05) is 0 Å². The minimum Gasteiger partial charge on any atom is -0.396 e. The molecule has 11 heteroatoms. The van der Waals surface area contributed by atoms with Crippen molar-refractivity contribution in [1.82, 2.24) is 24.8 Å². The van der Waals surface area contributed by atoms with E-state index in [0.29, 0.717) is 29.4 Å². The van der Waals surface area contributed by atoms with Crippen molar-refractivity contribution in [3.8, 4) is 0 Å². The Morgan fingerprint density at radius 2 is 2.00 bits per heavy atom. The van der Waals surface area contributed by atoms with Crippen LogP contribution in [0.15, 0.2) is 12.7 Å². The number of nitrogens with one attached hydrogen (secondary N) is 2. The van der Waals surface area contributed by atoms with Crippen LogP contribution in [0.4, 0.5) is 5.82 Å². The number of aliphatic hydroxyl groups excluding tert-OH is 3. The second-order valence-corrected chi connectivity index (χ2v) is 6.61. The Bertz CT molecular complexity index is 726. The molecule has 5 N–H and O–H groups in total. The minimum absolute atomic E-state index is 0. The summed E-state index contributed by atoms with van der Waals surface area (Å²) in [6.07, 6.45) is 2.71. The maximum atomic E-state index is 10.3. The zero-order valence-corrected chi connectivity index (χ0v) is 15.7. The van der Waals surface area contributed by atoms with E-state index >= 15 is 0 Å². The van der Waals surface area contributed by atoms with Gasteiger partial charge in [-0.2, -0.15) is 0 Å². The Kier molecular flexibility index (Phi) is 7.00. The van der Waals surface area contributed by atoms with Crippen LogP contribution in [0.3, 0.4) is 0 Å². The standard InChI is InChI=1S/C15H22N6O3.2ClH/c22-5-8-3-10(13(24)12(8)23)21-7-19-11-14(17-6-18-15(11)21)20-9-1-2-16-4-9;;/h6-10,12-13,16,22-24H,1-5H2,(H,17,18,20);2*1H/t8?,9-,10?,12?,13?;;/m0../s1. The lowest BCUT2D eigenvalue weighted by atomic mass is 10.1. The monoisotopic (exact) mass is 406 g/mol.